The number of hydrogen-bond donors (Lipinski definition) is 1. The molecule has 0 amide bonds. The van der Waals surface area contributed by atoms with Crippen LogP contribution in [0.1, 0.15) is 33.1 Å². The molecule has 2 saturated carbocycles. The first-order valence-corrected chi connectivity index (χ1v) is 6.32. The number of rotatable bonds is 4. The zero-order valence-electron chi connectivity index (χ0n) is 10.5. The van der Waals surface area contributed by atoms with E-state index in [0.717, 1.165) is 19.3 Å². The highest BCUT2D eigenvalue weighted by atomic mass is 17.1. The Kier molecular flexibility index (Phi) is 2.17. The number of fused-ring (bicyclic) bond motifs is 1. The molecule has 0 aliphatic heterocycles. The van der Waals surface area contributed by atoms with E-state index in [-0.39, 0.29) is 17.1 Å². The van der Waals surface area contributed by atoms with Gasteiger partial charge in [0, 0.05) is 11.3 Å². The molecule has 0 spiro atoms. The van der Waals surface area contributed by atoms with Gasteiger partial charge in [-0.1, -0.05) is 25.2 Å². The van der Waals surface area contributed by atoms with Crippen molar-refractivity contribution in [1.29, 1.82) is 0 Å². The van der Waals surface area contributed by atoms with E-state index in [0.29, 0.717) is 5.92 Å². The molecule has 3 aliphatic rings. The Labute approximate surface area is 102 Å². The van der Waals surface area contributed by atoms with E-state index in [9.17, 15) is 0 Å². The van der Waals surface area contributed by atoms with Crippen molar-refractivity contribution in [2.75, 3.05) is 0 Å². The Morgan fingerprint density at radius 3 is 2.59 bits per heavy atom. The van der Waals surface area contributed by atoms with Gasteiger partial charge in [0.05, 0.1) is 11.7 Å². The van der Waals surface area contributed by atoms with Gasteiger partial charge >= 0.3 is 0 Å². The predicted octanol–water partition coefficient (Wildman–Crippen LogP) is 2.93. The van der Waals surface area contributed by atoms with Crippen molar-refractivity contribution >= 4 is 0 Å². The van der Waals surface area contributed by atoms with Gasteiger partial charge in [0.15, 0.2) is 0 Å². The zero-order valence-corrected chi connectivity index (χ0v) is 10.5. The van der Waals surface area contributed by atoms with Crippen molar-refractivity contribution in [2.45, 2.75) is 50.4 Å². The van der Waals surface area contributed by atoms with E-state index >= 15 is 0 Å². The first kappa shape index (κ1) is 11.5. The Morgan fingerprint density at radius 2 is 2.18 bits per heavy atom. The largest absolute Gasteiger partial charge is 0.367 e. The first-order valence-electron chi connectivity index (χ1n) is 6.32. The van der Waals surface area contributed by atoms with Gasteiger partial charge in [-0.3, -0.25) is 5.26 Å². The quantitative estimate of drug-likeness (QED) is 0.463. The summed E-state index contributed by atoms with van der Waals surface area (Å²) in [6, 6.07) is 0. The van der Waals surface area contributed by atoms with E-state index in [2.05, 4.69) is 25.3 Å². The molecular formula is C14H20O3. The van der Waals surface area contributed by atoms with E-state index in [1.807, 2.05) is 18.2 Å². The third kappa shape index (κ3) is 1.33. The molecule has 3 rings (SSSR count). The average Bonchev–Trinajstić information content (AvgIpc) is 2.99. The van der Waals surface area contributed by atoms with Gasteiger partial charge in [0.25, 0.3) is 0 Å². The van der Waals surface area contributed by atoms with Crippen LogP contribution >= 0.6 is 0 Å². The third-order valence-corrected chi connectivity index (χ3v) is 5.32. The van der Waals surface area contributed by atoms with Crippen molar-refractivity contribution < 1.29 is 14.9 Å². The fourth-order valence-corrected chi connectivity index (χ4v) is 3.20. The summed E-state index contributed by atoms with van der Waals surface area (Å²) in [4.78, 5) is 4.56. The Morgan fingerprint density at radius 1 is 1.41 bits per heavy atom. The second-order valence-corrected chi connectivity index (χ2v) is 6.15. The monoisotopic (exact) mass is 236 g/mol. The molecular weight excluding hydrogens is 216 g/mol. The maximum absolute atomic E-state index is 8.88. The lowest BCUT2D eigenvalue weighted by Gasteiger charge is -2.55. The van der Waals surface area contributed by atoms with Gasteiger partial charge in [0.1, 0.15) is 5.60 Å². The van der Waals surface area contributed by atoms with Gasteiger partial charge in [-0.05, 0) is 26.2 Å². The summed E-state index contributed by atoms with van der Waals surface area (Å²) < 4.78 is 6.27. The standard InChI is InChI=1S/C14H20O3/c1-4-12(2)7-8-13(12,3)16-11-5-6-14(17-15)9-10(11)14/h4-6,10-11,15H,1,7-9H2,2-3H3/t10-,11?,12?,13-,14?/m0/s1. The predicted molar refractivity (Wildman–Crippen MR) is 64.5 cm³/mol. The van der Waals surface area contributed by atoms with Crippen molar-refractivity contribution in [3.8, 4) is 0 Å². The highest BCUT2D eigenvalue weighted by molar-refractivity contribution is 5.30. The van der Waals surface area contributed by atoms with Crippen LogP contribution in [0.5, 0.6) is 0 Å². The van der Waals surface area contributed by atoms with Crippen molar-refractivity contribution in [2.24, 2.45) is 11.3 Å². The van der Waals surface area contributed by atoms with Gasteiger partial charge in [-0.15, -0.1) is 6.58 Å². The molecule has 3 aliphatic carbocycles. The third-order valence-electron chi connectivity index (χ3n) is 5.32. The summed E-state index contributed by atoms with van der Waals surface area (Å²) in [5, 5.41) is 8.88. The molecule has 3 nitrogen and oxygen atoms in total. The van der Waals surface area contributed by atoms with E-state index < -0.39 is 5.60 Å². The number of hydrogen-bond acceptors (Lipinski definition) is 3. The van der Waals surface area contributed by atoms with Crippen LogP contribution in [0.15, 0.2) is 24.8 Å². The summed E-state index contributed by atoms with van der Waals surface area (Å²) in [6.07, 6.45) is 9.12. The first-order chi connectivity index (χ1) is 7.99. The Hall–Kier alpha value is -0.640. The summed E-state index contributed by atoms with van der Waals surface area (Å²) in [7, 11) is 0. The summed E-state index contributed by atoms with van der Waals surface area (Å²) in [5.41, 5.74) is -0.492. The Bertz CT molecular complexity index is 391. The van der Waals surface area contributed by atoms with Crippen LogP contribution in [-0.4, -0.2) is 22.6 Å². The summed E-state index contributed by atoms with van der Waals surface area (Å²) in [5.74, 6) is 0.291. The van der Waals surface area contributed by atoms with Crippen LogP contribution in [0.4, 0.5) is 0 Å². The lowest BCUT2D eigenvalue weighted by molar-refractivity contribution is -0.283. The average molecular weight is 236 g/mol. The molecule has 2 fully saturated rings. The molecule has 0 bridgehead atoms. The molecule has 0 saturated heterocycles. The lowest BCUT2D eigenvalue weighted by atomic mass is 9.58. The molecule has 0 aromatic heterocycles. The summed E-state index contributed by atoms with van der Waals surface area (Å²) in [6.45, 7) is 8.28. The molecule has 3 unspecified atom stereocenters. The Balaban J connectivity index is 1.70. The second kappa shape index (κ2) is 3.22. The van der Waals surface area contributed by atoms with E-state index in [4.69, 9.17) is 9.99 Å². The van der Waals surface area contributed by atoms with Gasteiger partial charge in [-0.2, -0.15) is 0 Å². The normalized spacial score (nSPS) is 55.2. The van der Waals surface area contributed by atoms with Crippen LogP contribution in [0.25, 0.3) is 0 Å². The van der Waals surface area contributed by atoms with Crippen molar-refractivity contribution in [1.82, 2.24) is 0 Å². The van der Waals surface area contributed by atoms with Gasteiger partial charge in [-0.25, -0.2) is 4.89 Å². The van der Waals surface area contributed by atoms with Gasteiger partial charge in [0.2, 0.25) is 0 Å². The molecule has 3 heteroatoms. The molecule has 0 heterocycles. The van der Waals surface area contributed by atoms with Crippen molar-refractivity contribution in [3.05, 3.63) is 24.8 Å². The molecule has 5 atom stereocenters. The molecule has 1 N–H and O–H groups in total. The fourth-order valence-electron chi connectivity index (χ4n) is 3.20. The van der Waals surface area contributed by atoms with E-state index in [1.165, 1.54) is 0 Å². The van der Waals surface area contributed by atoms with Crippen LogP contribution in [0.3, 0.4) is 0 Å². The highest BCUT2D eigenvalue weighted by Gasteiger charge is 2.64. The second-order valence-electron chi connectivity index (χ2n) is 6.15. The molecule has 0 radical (unpaired) electrons. The molecule has 17 heavy (non-hydrogen) atoms. The van der Waals surface area contributed by atoms with Crippen LogP contribution in [0.2, 0.25) is 0 Å². The van der Waals surface area contributed by atoms with Gasteiger partial charge < -0.3 is 4.74 Å². The maximum Gasteiger partial charge on any atom is 0.128 e. The van der Waals surface area contributed by atoms with Crippen LogP contribution < -0.4 is 0 Å². The number of ether oxygens (including phenoxy) is 1. The minimum absolute atomic E-state index is 0.0705. The zero-order chi connectivity index (χ0) is 12.3. The highest BCUT2D eigenvalue weighted by Crippen LogP contribution is 2.59. The summed E-state index contributed by atoms with van der Waals surface area (Å²) >= 11 is 0. The van der Waals surface area contributed by atoms with Crippen molar-refractivity contribution in [3.63, 3.8) is 0 Å². The SMILES string of the molecule is C=CC1(C)CC[C@]1(C)OC1C=CC2(OO)C[C@@H]12. The van der Waals surface area contributed by atoms with Crippen LogP contribution in [0, 0.1) is 11.3 Å². The molecule has 0 aromatic carbocycles. The lowest BCUT2D eigenvalue weighted by Crippen LogP contribution is -2.55. The molecule has 94 valence electrons. The topological polar surface area (TPSA) is 38.7 Å². The minimum atomic E-state index is -0.435. The smallest absolute Gasteiger partial charge is 0.128 e. The van der Waals surface area contributed by atoms with Crippen LogP contribution in [-0.2, 0) is 9.62 Å². The molecule has 0 aromatic rings. The maximum atomic E-state index is 8.88. The fraction of sp³-hybridized carbons (Fsp3) is 0.714. The minimum Gasteiger partial charge on any atom is -0.367 e. The van der Waals surface area contributed by atoms with E-state index in [1.54, 1.807) is 0 Å².